The van der Waals surface area contributed by atoms with Gasteiger partial charge in [0.2, 0.25) is 0 Å². The number of benzene rings is 1. The molecule has 1 saturated heterocycles. The predicted molar refractivity (Wildman–Crippen MR) is 78.4 cm³/mol. The molecule has 3 N–H and O–H groups in total. The SMILES string of the molecule is CC(NC(N)=NCc1ccc(Cl)cc1)C1CCCO1. The van der Waals surface area contributed by atoms with Crippen molar-refractivity contribution >= 4 is 17.6 Å². The van der Waals surface area contributed by atoms with Crippen LogP contribution in [-0.2, 0) is 11.3 Å². The molecule has 0 spiro atoms. The molecule has 0 bridgehead atoms. The molecule has 1 aliphatic rings. The average molecular weight is 282 g/mol. The lowest BCUT2D eigenvalue weighted by Crippen LogP contribution is -2.44. The minimum atomic E-state index is 0.191. The molecule has 5 heteroatoms. The van der Waals surface area contributed by atoms with Gasteiger partial charge < -0.3 is 15.8 Å². The van der Waals surface area contributed by atoms with Crippen molar-refractivity contribution in [2.45, 2.75) is 38.5 Å². The van der Waals surface area contributed by atoms with Crippen LogP contribution in [0.3, 0.4) is 0 Å². The van der Waals surface area contributed by atoms with Crippen molar-refractivity contribution in [1.29, 1.82) is 0 Å². The van der Waals surface area contributed by atoms with Crippen LogP contribution in [0.25, 0.3) is 0 Å². The lowest BCUT2D eigenvalue weighted by atomic mass is 10.1. The summed E-state index contributed by atoms with van der Waals surface area (Å²) in [6.45, 7) is 3.47. The normalized spacial score (nSPS) is 21.4. The first-order chi connectivity index (χ1) is 9.15. The van der Waals surface area contributed by atoms with E-state index in [1.807, 2.05) is 24.3 Å². The Labute approximate surface area is 119 Å². The summed E-state index contributed by atoms with van der Waals surface area (Å²) < 4.78 is 5.60. The van der Waals surface area contributed by atoms with Crippen molar-refractivity contribution in [3.05, 3.63) is 34.9 Å². The number of hydrogen-bond donors (Lipinski definition) is 2. The van der Waals surface area contributed by atoms with Gasteiger partial charge in [0.05, 0.1) is 18.7 Å². The van der Waals surface area contributed by atoms with Crippen LogP contribution in [0.1, 0.15) is 25.3 Å². The van der Waals surface area contributed by atoms with Crippen molar-refractivity contribution < 1.29 is 4.74 Å². The summed E-state index contributed by atoms with van der Waals surface area (Å²) in [5.74, 6) is 0.456. The molecule has 0 amide bonds. The topological polar surface area (TPSA) is 59.6 Å². The van der Waals surface area contributed by atoms with Crippen molar-refractivity contribution in [3.8, 4) is 0 Å². The zero-order chi connectivity index (χ0) is 13.7. The summed E-state index contributed by atoms with van der Waals surface area (Å²) in [5, 5.41) is 3.91. The summed E-state index contributed by atoms with van der Waals surface area (Å²) in [4.78, 5) is 4.32. The lowest BCUT2D eigenvalue weighted by molar-refractivity contribution is 0.0892. The third kappa shape index (κ3) is 4.40. The fourth-order valence-electron chi connectivity index (χ4n) is 2.14. The van der Waals surface area contributed by atoms with Crippen LogP contribution in [0, 0.1) is 0 Å². The van der Waals surface area contributed by atoms with E-state index in [-0.39, 0.29) is 12.1 Å². The largest absolute Gasteiger partial charge is 0.376 e. The number of rotatable bonds is 4. The molecular weight excluding hydrogens is 262 g/mol. The highest BCUT2D eigenvalue weighted by Gasteiger charge is 2.22. The smallest absolute Gasteiger partial charge is 0.189 e. The van der Waals surface area contributed by atoms with E-state index in [4.69, 9.17) is 22.1 Å². The summed E-state index contributed by atoms with van der Waals surface area (Å²) in [6.07, 6.45) is 2.45. The van der Waals surface area contributed by atoms with E-state index in [2.05, 4.69) is 17.2 Å². The second-order valence-electron chi connectivity index (χ2n) is 4.81. The Balaban J connectivity index is 1.83. The molecule has 1 aromatic carbocycles. The average Bonchev–Trinajstić information content (AvgIpc) is 2.92. The van der Waals surface area contributed by atoms with Crippen LogP contribution >= 0.6 is 11.6 Å². The first-order valence-electron chi connectivity index (χ1n) is 6.57. The van der Waals surface area contributed by atoms with Crippen LogP contribution in [-0.4, -0.2) is 24.7 Å². The Morgan fingerprint density at radius 1 is 1.53 bits per heavy atom. The molecule has 2 rings (SSSR count). The molecule has 0 aromatic heterocycles. The number of halogens is 1. The van der Waals surface area contributed by atoms with Gasteiger partial charge in [0.25, 0.3) is 0 Å². The van der Waals surface area contributed by atoms with E-state index >= 15 is 0 Å². The molecule has 2 atom stereocenters. The van der Waals surface area contributed by atoms with Gasteiger partial charge in [-0.1, -0.05) is 23.7 Å². The maximum absolute atomic E-state index is 5.88. The van der Waals surface area contributed by atoms with E-state index in [1.54, 1.807) is 0 Å². The molecular formula is C14H20ClN3O. The van der Waals surface area contributed by atoms with E-state index in [9.17, 15) is 0 Å². The Hall–Kier alpha value is -1.26. The molecule has 104 valence electrons. The fraction of sp³-hybridized carbons (Fsp3) is 0.500. The Morgan fingerprint density at radius 3 is 2.89 bits per heavy atom. The Kier molecular flexibility index (Phi) is 5.05. The highest BCUT2D eigenvalue weighted by molar-refractivity contribution is 6.30. The van der Waals surface area contributed by atoms with E-state index in [1.165, 1.54) is 0 Å². The molecule has 4 nitrogen and oxygen atoms in total. The first kappa shape index (κ1) is 14.2. The van der Waals surface area contributed by atoms with Gasteiger partial charge in [-0.25, -0.2) is 4.99 Å². The second-order valence-corrected chi connectivity index (χ2v) is 5.25. The summed E-state index contributed by atoms with van der Waals surface area (Å²) in [6, 6.07) is 7.79. The first-order valence-corrected chi connectivity index (χ1v) is 6.95. The number of hydrogen-bond acceptors (Lipinski definition) is 2. The third-order valence-corrected chi connectivity index (χ3v) is 3.50. The van der Waals surface area contributed by atoms with Crippen LogP contribution in [0.15, 0.2) is 29.3 Å². The highest BCUT2D eigenvalue weighted by atomic mass is 35.5. The number of ether oxygens (including phenoxy) is 1. The molecule has 0 radical (unpaired) electrons. The van der Waals surface area contributed by atoms with Crippen LogP contribution in [0.4, 0.5) is 0 Å². The minimum absolute atomic E-state index is 0.191. The van der Waals surface area contributed by atoms with Crippen molar-refractivity contribution in [2.75, 3.05) is 6.61 Å². The Morgan fingerprint density at radius 2 is 2.26 bits per heavy atom. The predicted octanol–water partition coefficient (Wildman–Crippen LogP) is 2.31. The number of nitrogens with zero attached hydrogens (tertiary/aromatic N) is 1. The standard InChI is InChI=1S/C14H20ClN3O/c1-10(13-3-2-8-19-13)18-14(16)17-9-11-4-6-12(15)7-5-11/h4-7,10,13H,2-3,8-9H2,1H3,(H3,16,17,18). The molecule has 1 fully saturated rings. The molecule has 1 heterocycles. The molecule has 0 saturated carbocycles. The maximum atomic E-state index is 5.88. The molecule has 1 aromatic rings. The van der Waals surface area contributed by atoms with Gasteiger partial charge in [-0.15, -0.1) is 0 Å². The minimum Gasteiger partial charge on any atom is -0.376 e. The quantitative estimate of drug-likeness (QED) is 0.658. The van der Waals surface area contributed by atoms with Crippen molar-refractivity contribution in [3.63, 3.8) is 0 Å². The van der Waals surface area contributed by atoms with Crippen molar-refractivity contribution in [1.82, 2.24) is 5.32 Å². The number of nitrogens with one attached hydrogen (secondary N) is 1. The van der Waals surface area contributed by atoms with Crippen LogP contribution in [0.5, 0.6) is 0 Å². The third-order valence-electron chi connectivity index (χ3n) is 3.24. The maximum Gasteiger partial charge on any atom is 0.189 e. The van der Waals surface area contributed by atoms with Gasteiger partial charge in [-0.2, -0.15) is 0 Å². The van der Waals surface area contributed by atoms with Gasteiger partial charge in [0, 0.05) is 11.6 Å². The molecule has 0 aliphatic carbocycles. The van der Waals surface area contributed by atoms with Crippen molar-refractivity contribution in [2.24, 2.45) is 10.7 Å². The zero-order valence-electron chi connectivity index (χ0n) is 11.1. The Bertz CT molecular complexity index is 427. The summed E-state index contributed by atoms with van der Waals surface area (Å²) in [7, 11) is 0. The highest BCUT2D eigenvalue weighted by Crippen LogP contribution is 2.15. The number of aliphatic imine (C=N–C) groups is 1. The van der Waals surface area contributed by atoms with Crippen LogP contribution in [0.2, 0.25) is 5.02 Å². The van der Waals surface area contributed by atoms with Gasteiger partial charge in [-0.3, -0.25) is 0 Å². The lowest BCUT2D eigenvalue weighted by Gasteiger charge is -2.20. The molecule has 19 heavy (non-hydrogen) atoms. The van der Waals surface area contributed by atoms with E-state index in [0.29, 0.717) is 12.5 Å². The fourth-order valence-corrected chi connectivity index (χ4v) is 2.26. The van der Waals surface area contributed by atoms with E-state index in [0.717, 1.165) is 30.0 Å². The van der Waals surface area contributed by atoms with Gasteiger partial charge >= 0.3 is 0 Å². The summed E-state index contributed by atoms with van der Waals surface area (Å²) in [5.41, 5.74) is 6.96. The van der Waals surface area contributed by atoms with Gasteiger partial charge in [0.1, 0.15) is 0 Å². The number of nitrogens with two attached hydrogens (primary N) is 1. The van der Waals surface area contributed by atoms with Crippen LogP contribution < -0.4 is 11.1 Å². The van der Waals surface area contributed by atoms with Gasteiger partial charge in [0.15, 0.2) is 5.96 Å². The molecule has 1 aliphatic heterocycles. The monoisotopic (exact) mass is 281 g/mol. The number of guanidine groups is 1. The zero-order valence-corrected chi connectivity index (χ0v) is 11.9. The van der Waals surface area contributed by atoms with E-state index < -0.39 is 0 Å². The second kappa shape index (κ2) is 6.78. The van der Waals surface area contributed by atoms with Gasteiger partial charge in [-0.05, 0) is 37.5 Å². The molecule has 2 unspecified atom stereocenters. The summed E-state index contributed by atoms with van der Waals surface area (Å²) >= 11 is 5.83.